The summed E-state index contributed by atoms with van der Waals surface area (Å²) in [6, 6.07) is 21.1. The second-order valence-corrected chi connectivity index (χ2v) is 7.85. The van der Waals surface area contributed by atoms with Crippen LogP contribution in [0.2, 0.25) is 5.02 Å². The van der Waals surface area contributed by atoms with E-state index in [0.717, 1.165) is 16.6 Å². The number of benzene rings is 2. The molecule has 1 N–H and O–H groups in total. The van der Waals surface area contributed by atoms with Crippen LogP contribution in [0.25, 0.3) is 33.4 Å². The van der Waals surface area contributed by atoms with Crippen molar-refractivity contribution in [1.29, 1.82) is 5.26 Å². The van der Waals surface area contributed by atoms with Crippen LogP contribution < -0.4 is 5.32 Å². The third kappa shape index (κ3) is 3.30. The van der Waals surface area contributed by atoms with Gasteiger partial charge in [0.25, 0.3) is 0 Å². The molecule has 34 heavy (non-hydrogen) atoms. The summed E-state index contributed by atoms with van der Waals surface area (Å²) >= 11 is 6.15. The lowest BCUT2D eigenvalue weighted by atomic mass is 10.2. The predicted octanol–water partition coefficient (Wildman–Crippen LogP) is 4.82. The highest BCUT2D eigenvalue weighted by Gasteiger charge is 2.18. The number of para-hydroxylation sites is 1. The summed E-state index contributed by atoms with van der Waals surface area (Å²) in [5.41, 5.74) is 2.54. The van der Waals surface area contributed by atoms with Gasteiger partial charge in [-0.2, -0.15) is 20.1 Å². The highest BCUT2D eigenvalue weighted by molar-refractivity contribution is 6.30. The van der Waals surface area contributed by atoms with Gasteiger partial charge >= 0.3 is 0 Å². The fourth-order valence-electron chi connectivity index (χ4n) is 3.75. The van der Waals surface area contributed by atoms with E-state index in [0.29, 0.717) is 39.1 Å². The van der Waals surface area contributed by atoms with Crippen molar-refractivity contribution in [1.82, 2.24) is 34.5 Å². The molecular weight excluding hydrogens is 450 g/mol. The standard InChI is InChI=1S/C24H14ClN9/c25-17-5-3-6-18(10-17)33-24-19(13-30-33)22(27-14-28-24)32-23-16(11-26)12-29-34(23)21-9-8-15-4-1-2-7-20(15)31-21/h1-10,12-14H,(H,27,28,32). The number of halogens is 1. The van der Waals surface area contributed by atoms with E-state index >= 15 is 0 Å². The van der Waals surface area contributed by atoms with E-state index in [1.165, 1.54) is 12.5 Å². The smallest absolute Gasteiger partial charge is 0.168 e. The third-order valence-corrected chi connectivity index (χ3v) is 5.58. The number of nitriles is 1. The molecule has 0 amide bonds. The zero-order valence-corrected chi connectivity index (χ0v) is 18.2. The predicted molar refractivity (Wildman–Crippen MR) is 129 cm³/mol. The number of aromatic nitrogens is 7. The number of fused-ring (bicyclic) bond motifs is 2. The van der Waals surface area contributed by atoms with Gasteiger partial charge in [0.2, 0.25) is 0 Å². The first-order valence-electron chi connectivity index (χ1n) is 10.3. The van der Waals surface area contributed by atoms with Gasteiger partial charge in [-0.3, -0.25) is 0 Å². The molecule has 0 aliphatic rings. The number of hydrogen-bond donors (Lipinski definition) is 1. The molecule has 0 atom stereocenters. The van der Waals surface area contributed by atoms with Gasteiger partial charge in [0.15, 0.2) is 17.3 Å². The van der Waals surface area contributed by atoms with Crippen molar-refractivity contribution in [3.05, 3.63) is 90.0 Å². The van der Waals surface area contributed by atoms with Crippen molar-refractivity contribution in [2.24, 2.45) is 0 Å². The first-order valence-corrected chi connectivity index (χ1v) is 10.6. The summed E-state index contributed by atoms with van der Waals surface area (Å²) in [4.78, 5) is 13.5. The zero-order chi connectivity index (χ0) is 23.1. The summed E-state index contributed by atoms with van der Waals surface area (Å²) < 4.78 is 3.27. The van der Waals surface area contributed by atoms with Gasteiger partial charge in [-0.05, 0) is 36.4 Å². The van der Waals surface area contributed by atoms with Crippen LogP contribution in [0.1, 0.15) is 5.56 Å². The molecule has 4 heterocycles. The topological polar surface area (TPSA) is 110 Å². The summed E-state index contributed by atoms with van der Waals surface area (Å²) in [6.07, 6.45) is 4.60. The Bertz CT molecular complexity index is 1730. The van der Waals surface area contributed by atoms with Crippen molar-refractivity contribution in [3.8, 4) is 17.6 Å². The van der Waals surface area contributed by atoms with E-state index in [4.69, 9.17) is 16.6 Å². The first-order chi connectivity index (χ1) is 16.7. The summed E-state index contributed by atoms with van der Waals surface area (Å²) in [7, 11) is 0. The van der Waals surface area contributed by atoms with Crippen molar-refractivity contribution in [3.63, 3.8) is 0 Å². The van der Waals surface area contributed by atoms with Crippen LogP contribution in [0.15, 0.2) is 79.4 Å². The number of rotatable bonds is 4. The highest BCUT2D eigenvalue weighted by atomic mass is 35.5. The monoisotopic (exact) mass is 463 g/mol. The Balaban J connectivity index is 1.45. The van der Waals surface area contributed by atoms with Crippen LogP contribution in [0.5, 0.6) is 0 Å². The van der Waals surface area contributed by atoms with Crippen LogP contribution >= 0.6 is 11.6 Å². The first kappa shape index (κ1) is 19.8. The van der Waals surface area contributed by atoms with Crippen molar-refractivity contribution in [2.45, 2.75) is 0 Å². The van der Waals surface area contributed by atoms with Crippen LogP contribution in [0.3, 0.4) is 0 Å². The molecular formula is C24H14ClN9. The maximum atomic E-state index is 9.70. The largest absolute Gasteiger partial charge is 0.323 e. The lowest BCUT2D eigenvalue weighted by Gasteiger charge is -2.11. The second kappa shape index (κ2) is 7.95. The average Bonchev–Trinajstić information content (AvgIpc) is 3.48. The molecule has 0 aliphatic carbocycles. The van der Waals surface area contributed by atoms with Crippen LogP contribution in [0, 0.1) is 11.3 Å². The van der Waals surface area contributed by atoms with E-state index < -0.39 is 0 Å². The Morgan fingerprint density at radius 1 is 0.912 bits per heavy atom. The van der Waals surface area contributed by atoms with E-state index in [1.54, 1.807) is 27.7 Å². The van der Waals surface area contributed by atoms with Crippen molar-refractivity contribution < 1.29 is 0 Å². The van der Waals surface area contributed by atoms with E-state index in [2.05, 4.69) is 31.6 Å². The van der Waals surface area contributed by atoms with Crippen molar-refractivity contribution in [2.75, 3.05) is 5.32 Å². The summed E-state index contributed by atoms with van der Waals surface area (Å²) in [5.74, 6) is 1.50. The van der Waals surface area contributed by atoms with Gasteiger partial charge in [0.05, 0.1) is 29.0 Å². The molecule has 0 unspecified atom stereocenters. The van der Waals surface area contributed by atoms with Crippen LogP contribution in [0.4, 0.5) is 11.6 Å². The molecule has 0 bridgehead atoms. The Hall–Kier alpha value is -4.81. The number of nitrogens with one attached hydrogen (secondary N) is 1. The molecule has 0 saturated heterocycles. The molecule has 0 aliphatic heterocycles. The van der Waals surface area contributed by atoms with Gasteiger partial charge in [-0.25, -0.2) is 19.6 Å². The second-order valence-electron chi connectivity index (χ2n) is 7.41. The SMILES string of the molecule is N#Cc1cnn(-c2ccc3ccccc3n2)c1Nc1ncnc2c1cnn2-c1cccc(Cl)c1. The Morgan fingerprint density at radius 2 is 1.79 bits per heavy atom. The van der Waals surface area contributed by atoms with E-state index in [-0.39, 0.29) is 0 Å². The van der Waals surface area contributed by atoms with Gasteiger partial charge < -0.3 is 5.32 Å². The minimum absolute atomic E-state index is 0.351. The molecule has 10 heteroatoms. The number of hydrogen-bond acceptors (Lipinski definition) is 7. The number of pyridine rings is 1. The average molecular weight is 464 g/mol. The minimum atomic E-state index is 0.351. The van der Waals surface area contributed by atoms with Crippen LogP contribution in [-0.4, -0.2) is 34.5 Å². The zero-order valence-electron chi connectivity index (χ0n) is 17.5. The maximum absolute atomic E-state index is 9.70. The van der Waals surface area contributed by atoms with E-state index in [9.17, 15) is 5.26 Å². The quantitative estimate of drug-likeness (QED) is 0.399. The molecule has 6 rings (SSSR count). The number of anilines is 2. The Morgan fingerprint density at radius 3 is 2.68 bits per heavy atom. The molecule has 0 fully saturated rings. The molecule has 2 aromatic carbocycles. The maximum Gasteiger partial charge on any atom is 0.168 e. The summed E-state index contributed by atoms with van der Waals surface area (Å²) in [5, 5.41) is 24.1. The lowest BCUT2D eigenvalue weighted by molar-refractivity contribution is 0.859. The lowest BCUT2D eigenvalue weighted by Crippen LogP contribution is -2.07. The van der Waals surface area contributed by atoms with Gasteiger partial charge in [0.1, 0.15) is 23.8 Å². The Labute approximate surface area is 197 Å². The Kier molecular flexibility index (Phi) is 4.64. The van der Waals surface area contributed by atoms with Crippen LogP contribution in [-0.2, 0) is 0 Å². The van der Waals surface area contributed by atoms with Gasteiger partial charge in [0, 0.05) is 10.4 Å². The molecule has 0 saturated carbocycles. The molecule has 0 radical (unpaired) electrons. The normalized spacial score (nSPS) is 11.1. The molecule has 162 valence electrons. The summed E-state index contributed by atoms with van der Waals surface area (Å²) in [6.45, 7) is 0. The minimum Gasteiger partial charge on any atom is -0.323 e. The molecule has 4 aromatic heterocycles. The van der Waals surface area contributed by atoms with Gasteiger partial charge in [-0.1, -0.05) is 35.9 Å². The molecule has 6 aromatic rings. The van der Waals surface area contributed by atoms with Crippen molar-refractivity contribution >= 4 is 45.2 Å². The molecule has 9 nitrogen and oxygen atoms in total. The highest BCUT2D eigenvalue weighted by Crippen LogP contribution is 2.28. The van der Waals surface area contributed by atoms with Gasteiger partial charge in [-0.15, -0.1) is 0 Å². The third-order valence-electron chi connectivity index (χ3n) is 5.35. The van der Waals surface area contributed by atoms with E-state index in [1.807, 2.05) is 48.5 Å². The number of nitrogens with zero attached hydrogens (tertiary/aromatic N) is 8. The molecule has 0 spiro atoms. The fourth-order valence-corrected chi connectivity index (χ4v) is 3.93. The fraction of sp³-hybridized carbons (Fsp3) is 0.